The number of fused-ring (bicyclic) bond motifs is 1. The molecule has 2 N–H and O–H groups in total. The molecule has 0 amide bonds. The lowest BCUT2D eigenvalue weighted by molar-refractivity contribution is 0.174. The molecule has 0 bridgehead atoms. The Balaban J connectivity index is 1.49. The molecule has 0 saturated carbocycles. The number of guanidine groups is 1. The van der Waals surface area contributed by atoms with E-state index in [9.17, 15) is 8.42 Å². The van der Waals surface area contributed by atoms with Gasteiger partial charge in [-0.15, -0.1) is 0 Å². The quantitative estimate of drug-likeness (QED) is 0.478. The maximum Gasteiger partial charge on any atom is 0.243 e. The summed E-state index contributed by atoms with van der Waals surface area (Å²) in [4.78, 5) is 4.53. The molecule has 2 aromatic carbocycles. The van der Waals surface area contributed by atoms with Gasteiger partial charge in [0.2, 0.25) is 16.8 Å². The van der Waals surface area contributed by atoms with Crippen LogP contribution in [0.4, 0.5) is 0 Å². The van der Waals surface area contributed by atoms with E-state index in [1.807, 2.05) is 44.2 Å². The topological polar surface area (TPSA) is 92.3 Å². The number of rotatable bonds is 8. The van der Waals surface area contributed by atoms with Crippen molar-refractivity contribution in [2.75, 3.05) is 27.4 Å². The fourth-order valence-electron chi connectivity index (χ4n) is 3.05. The van der Waals surface area contributed by atoms with E-state index < -0.39 is 10.0 Å². The van der Waals surface area contributed by atoms with Crippen LogP contribution in [-0.4, -0.2) is 52.2 Å². The highest BCUT2D eigenvalue weighted by atomic mass is 32.2. The second-order valence-corrected chi connectivity index (χ2v) is 9.55. The summed E-state index contributed by atoms with van der Waals surface area (Å²) in [5.74, 6) is 2.24. The Bertz CT molecular complexity index is 1020. The Morgan fingerprint density at radius 3 is 2.42 bits per heavy atom. The largest absolute Gasteiger partial charge is 0.454 e. The lowest BCUT2D eigenvalue weighted by atomic mass is 10.1. The molecule has 1 aliphatic rings. The molecule has 3 rings (SSSR count). The molecular formula is C22H30N4O4S. The first-order chi connectivity index (χ1) is 14.8. The van der Waals surface area contributed by atoms with Crippen LogP contribution < -0.4 is 20.1 Å². The second-order valence-electron chi connectivity index (χ2n) is 7.55. The lowest BCUT2D eigenvalue weighted by Crippen LogP contribution is -2.37. The first-order valence-corrected chi connectivity index (χ1v) is 11.7. The zero-order valence-electron chi connectivity index (χ0n) is 18.4. The lowest BCUT2D eigenvalue weighted by Gasteiger charge is -2.21. The van der Waals surface area contributed by atoms with E-state index in [2.05, 4.69) is 15.6 Å². The number of hydrogen-bond donors (Lipinski definition) is 2. The number of aliphatic imine (C=N–C) groups is 1. The normalized spacial score (nSPS) is 13.7. The molecule has 31 heavy (non-hydrogen) atoms. The Morgan fingerprint density at radius 1 is 1.06 bits per heavy atom. The van der Waals surface area contributed by atoms with Crippen molar-refractivity contribution in [2.45, 2.75) is 37.8 Å². The van der Waals surface area contributed by atoms with E-state index in [0.717, 1.165) is 29.0 Å². The molecule has 9 heteroatoms. The molecule has 0 saturated heterocycles. The smallest absolute Gasteiger partial charge is 0.243 e. The van der Waals surface area contributed by atoms with Crippen LogP contribution in [0.5, 0.6) is 11.5 Å². The molecule has 0 aliphatic carbocycles. The van der Waals surface area contributed by atoms with Gasteiger partial charge in [-0.3, -0.25) is 4.99 Å². The third kappa shape index (κ3) is 5.68. The molecule has 0 aromatic heterocycles. The van der Waals surface area contributed by atoms with Gasteiger partial charge in [0, 0.05) is 33.2 Å². The van der Waals surface area contributed by atoms with Crippen molar-refractivity contribution in [2.24, 2.45) is 4.99 Å². The summed E-state index contributed by atoms with van der Waals surface area (Å²) in [5.41, 5.74) is 2.11. The van der Waals surface area contributed by atoms with Gasteiger partial charge in [-0.1, -0.05) is 18.2 Å². The van der Waals surface area contributed by atoms with Gasteiger partial charge in [-0.05, 0) is 55.7 Å². The predicted octanol–water partition coefficient (Wildman–Crippen LogP) is 2.35. The van der Waals surface area contributed by atoms with E-state index in [1.54, 1.807) is 26.2 Å². The highest BCUT2D eigenvalue weighted by Gasteiger charge is 2.22. The fraction of sp³-hybridized carbons (Fsp3) is 0.409. The molecule has 0 unspecified atom stereocenters. The van der Waals surface area contributed by atoms with Crippen molar-refractivity contribution in [1.82, 2.24) is 14.9 Å². The molecule has 0 fully saturated rings. The van der Waals surface area contributed by atoms with Crippen LogP contribution in [0, 0.1) is 0 Å². The van der Waals surface area contributed by atoms with Gasteiger partial charge >= 0.3 is 0 Å². The average molecular weight is 447 g/mol. The molecule has 0 radical (unpaired) electrons. The molecular weight excluding hydrogens is 416 g/mol. The minimum atomic E-state index is -3.47. The summed E-state index contributed by atoms with van der Waals surface area (Å²) in [5, 5.41) is 6.53. The Hall–Kier alpha value is -2.78. The summed E-state index contributed by atoms with van der Waals surface area (Å²) >= 11 is 0. The number of nitrogens with zero attached hydrogens (tertiary/aromatic N) is 2. The van der Waals surface area contributed by atoms with Crippen LogP contribution in [-0.2, 0) is 23.0 Å². The van der Waals surface area contributed by atoms with Gasteiger partial charge in [-0.25, -0.2) is 8.42 Å². The molecule has 8 nitrogen and oxygen atoms in total. The number of benzene rings is 2. The monoisotopic (exact) mass is 446 g/mol. The molecule has 1 heterocycles. The van der Waals surface area contributed by atoms with Crippen molar-refractivity contribution >= 4 is 16.0 Å². The average Bonchev–Trinajstić information content (AvgIpc) is 3.23. The third-order valence-electron chi connectivity index (χ3n) is 5.15. The van der Waals surface area contributed by atoms with Crippen molar-refractivity contribution in [3.05, 3.63) is 53.6 Å². The van der Waals surface area contributed by atoms with Crippen LogP contribution >= 0.6 is 0 Å². The van der Waals surface area contributed by atoms with E-state index >= 15 is 0 Å². The zero-order chi connectivity index (χ0) is 22.4. The highest BCUT2D eigenvalue weighted by molar-refractivity contribution is 7.89. The molecule has 1 aliphatic heterocycles. The Labute approximate surface area is 184 Å². The number of hydrogen-bond acceptors (Lipinski definition) is 5. The predicted molar refractivity (Wildman–Crippen MR) is 121 cm³/mol. The third-order valence-corrected chi connectivity index (χ3v) is 7.20. The standard InChI is InChI=1S/C22H30N4O4S/c1-16(2)26(4)31(27,28)19-8-5-18(6-9-19)14-25-22(23-3)24-12-11-17-7-10-20-21(13-17)30-15-29-20/h5-10,13,16H,11-12,14-15H2,1-4H3,(H2,23,24,25). The summed E-state index contributed by atoms with van der Waals surface area (Å²) < 4.78 is 37.2. The second kappa shape index (κ2) is 10.0. The molecule has 168 valence electrons. The van der Waals surface area contributed by atoms with Crippen LogP contribution in [0.15, 0.2) is 52.4 Å². The first-order valence-electron chi connectivity index (χ1n) is 10.2. The number of sulfonamides is 1. The SMILES string of the molecule is CN=C(NCCc1ccc2c(c1)OCO2)NCc1ccc(S(=O)(=O)N(C)C(C)C)cc1. The highest BCUT2D eigenvalue weighted by Crippen LogP contribution is 2.32. The molecule has 0 atom stereocenters. The van der Waals surface area contributed by atoms with Gasteiger partial charge < -0.3 is 20.1 Å². The van der Waals surface area contributed by atoms with Crippen LogP contribution in [0.1, 0.15) is 25.0 Å². The first kappa shape index (κ1) is 22.9. The number of ether oxygens (including phenoxy) is 2. The van der Waals surface area contributed by atoms with Gasteiger partial charge in [0.1, 0.15) is 0 Å². The van der Waals surface area contributed by atoms with Crippen molar-refractivity contribution in [3.8, 4) is 11.5 Å². The van der Waals surface area contributed by atoms with E-state index in [1.165, 1.54) is 4.31 Å². The fourth-order valence-corrected chi connectivity index (χ4v) is 4.42. The van der Waals surface area contributed by atoms with Crippen LogP contribution in [0.25, 0.3) is 0 Å². The molecule has 2 aromatic rings. The van der Waals surface area contributed by atoms with E-state index in [-0.39, 0.29) is 12.8 Å². The van der Waals surface area contributed by atoms with Gasteiger partial charge in [0.25, 0.3) is 0 Å². The van der Waals surface area contributed by atoms with Crippen LogP contribution in [0.3, 0.4) is 0 Å². The zero-order valence-corrected chi connectivity index (χ0v) is 19.2. The maximum absolute atomic E-state index is 12.6. The van der Waals surface area contributed by atoms with Gasteiger partial charge in [0.05, 0.1) is 4.90 Å². The minimum absolute atomic E-state index is 0.0987. The number of nitrogens with one attached hydrogen (secondary N) is 2. The van der Waals surface area contributed by atoms with Crippen molar-refractivity contribution in [3.63, 3.8) is 0 Å². The van der Waals surface area contributed by atoms with Gasteiger partial charge in [-0.2, -0.15) is 4.31 Å². The van der Waals surface area contributed by atoms with Crippen molar-refractivity contribution < 1.29 is 17.9 Å². The van der Waals surface area contributed by atoms with E-state index in [0.29, 0.717) is 23.9 Å². The van der Waals surface area contributed by atoms with E-state index in [4.69, 9.17) is 9.47 Å². The summed E-state index contributed by atoms with van der Waals surface area (Å²) in [6.07, 6.45) is 0.813. The minimum Gasteiger partial charge on any atom is -0.454 e. The molecule has 0 spiro atoms. The maximum atomic E-state index is 12.6. The summed E-state index contributed by atoms with van der Waals surface area (Å²) in [6.45, 7) is 5.21. The Kier molecular flexibility index (Phi) is 7.40. The Morgan fingerprint density at radius 2 is 1.74 bits per heavy atom. The van der Waals surface area contributed by atoms with Gasteiger partial charge in [0.15, 0.2) is 17.5 Å². The van der Waals surface area contributed by atoms with Crippen LogP contribution in [0.2, 0.25) is 0 Å². The summed E-state index contributed by atoms with van der Waals surface area (Å²) in [7, 11) is -0.166. The van der Waals surface area contributed by atoms with Crippen molar-refractivity contribution in [1.29, 1.82) is 0 Å². The summed E-state index contributed by atoms with van der Waals surface area (Å²) in [6, 6.07) is 12.8.